The Morgan fingerprint density at radius 1 is 1.53 bits per heavy atom. The quantitative estimate of drug-likeness (QED) is 0.725. The van der Waals surface area contributed by atoms with Crippen molar-refractivity contribution in [3.63, 3.8) is 0 Å². The molecule has 0 radical (unpaired) electrons. The molecule has 1 atom stereocenters. The summed E-state index contributed by atoms with van der Waals surface area (Å²) in [7, 11) is 1.97. The van der Waals surface area contributed by atoms with Crippen LogP contribution in [-0.4, -0.2) is 11.6 Å². The minimum absolute atomic E-state index is 0.385. The van der Waals surface area contributed by atoms with E-state index in [2.05, 4.69) is 41.2 Å². The van der Waals surface area contributed by atoms with E-state index in [0.29, 0.717) is 12.5 Å². The Kier molecular flexibility index (Phi) is 4.92. The van der Waals surface area contributed by atoms with Gasteiger partial charge in [0.1, 0.15) is 0 Å². The van der Waals surface area contributed by atoms with Crippen LogP contribution in [0.15, 0.2) is 18.3 Å². The van der Waals surface area contributed by atoms with Gasteiger partial charge in [-0.1, -0.05) is 0 Å². The first-order valence-corrected chi connectivity index (χ1v) is 5.49. The van der Waals surface area contributed by atoms with Crippen molar-refractivity contribution in [1.82, 2.24) is 9.88 Å². The van der Waals surface area contributed by atoms with Crippen LogP contribution in [0.2, 0.25) is 0 Å². The van der Waals surface area contributed by atoms with E-state index in [-0.39, 0.29) is 0 Å². The average molecular weight is 205 g/mol. The van der Waals surface area contributed by atoms with Gasteiger partial charge >= 0.3 is 0 Å². The number of rotatable bonds is 6. The van der Waals surface area contributed by atoms with Gasteiger partial charge in [0.15, 0.2) is 0 Å². The molecular weight excluding hydrogens is 186 g/mol. The van der Waals surface area contributed by atoms with Crippen LogP contribution in [0, 0.1) is 11.3 Å². The molecule has 82 valence electrons. The fraction of sp³-hybridized carbons (Fsp3) is 0.583. The van der Waals surface area contributed by atoms with Crippen molar-refractivity contribution in [2.45, 2.75) is 38.8 Å². The van der Waals surface area contributed by atoms with E-state index in [1.807, 2.05) is 7.05 Å². The fourth-order valence-electron chi connectivity index (χ4n) is 1.66. The van der Waals surface area contributed by atoms with Crippen LogP contribution in [0.1, 0.15) is 37.9 Å². The highest BCUT2D eigenvalue weighted by Gasteiger charge is 2.06. The number of nitrogens with zero attached hydrogens (tertiary/aromatic N) is 2. The molecule has 0 aromatic carbocycles. The predicted octanol–water partition coefficient (Wildman–Crippen LogP) is 2.46. The summed E-state index contributed by atoms with van der Waals surface area (Å²) in [5, 5.41) is 11.7. The molecule has 0 saturated carbocycles. The zero-order valence-corrected chi connectivity index (χ0v) is 9.53. The smallest absolute Gasteiger partial charge is 0.0621 e. The zero-order valence-electron chi connectivity index (χ0n) is 9.53. The monoisotopic (exact) mass is 205 g/mol. The van der Waals surface area contributed by atoms with Gasteiger partial charge in [0, 0.05) is 30.9 Å². The lowest BCUT2D eigenvalue weighted by Crippen LogP contribution is -2.16. The van der Waals surface area contributed by atoms with E-state index in [4.69, 9.17) is 5.26 Å². The number of aryl methyl sites for hydroxylation is 1. The van der Waals surface area contributed by atoms with Crippen LogP contribution in [0.4, 0.5) is 0 Å². The van der Waals surface area contributed by atoms with E-state index in [1.54, 1.807) is 0 Å². The first-order valence-electron chi connectivity index (χ1n) is 5.49. The van der Waals surface area contributed by atoms with Gasteiger partial charge in [-0.05, 0) is 38.9 Å². The van der Waals surface area contributed by atoms with Gasteiger partial charge in [0.25, 0.3) is 0 Å². The van der Waals surface area contributed by atoms with E-state index < -0.39 is 0 Å². The van der Waals surface area contributed by atoms with Crippen molar-refractivity contribution < 1.29 is 0 Å². The lowest BCUT2D eigenvalue weighted by atomic mass is 10.2. The summed E-state index contributed by atoms with van der Waals surface area (Å²) in [6, 6.07) is 6.78. The Hall–Kier alpha value is -1.27. The molecule has 0 saturated heterocycles. The SMILES string of the molecule is CNC(C)c1cccn1CCCCC#N. The van der Waals surface area contributed by atoms with Gasteiger partial charge in [0.05, 0.1) is 6.07 Å². The summed E-state index contributed by atoms with van der Waals surface area (Å²) in [5.41, 5.74) is 1.31. The van der Waals surface area contributed by atoms with Crippen molar-refractivity contribution in [2.24, 2.45) is 0 Å². The molecule has 0 fully saturated rings. The summed E-state index contributed by atoms with van der Waals surface area (Å²) in [6.45, 7) is 3.16. The number of unbranched alkanes of at least 4 members (excludes halogenated alkanes) is 2. The topological polar surface area (TPSA) is 40.8 Å². The molecular formula is C12H19N3. The molecule has 0 aliphatic rings. The van der Waals surface area contributed by atoms with E-state index >= 15 is 0 Å². The molecule has 3 nitrogen and oxygen atoms in total. The van der Waals surface area contributed by atoms with Crippen LogP contribution in [0.25, 0.3) is 0 Å². The second-order valence-electron chi connectivity index (χ2n) is 3.75. The molecule has 3 heteroatoms. The fourth-order valence-corrected chi connectivity index (χ4v) is 1.66. The maximum atomic E-state index is 8.44. The third-order valence-corrected chi connectivity index (χ3v) is 2.68. The molecule has 1 unspecified atom stereocenters. The summed E-state index contributed by atoms with van der Waals surface area (Å²) in [5.74, 6) is 0. The molecule has 1 rings (SSSR count). The van der Waals surface area contributed by atoms with Crippen molar-refractivity contribution in [1.29, 1.82) is 5.26 Å². The maximum Gasteiger partial charge on any atom is 0.0621 e. The Bertz CT molecular complexity index is 322. The number of nitrogens with one attached hydrogen (secondary N) is 1. The highest BCUT2D eigenvalue weighted by atomic mass is 15.0. The predicted molar refractivity (Wildman–Crippen MR) is 61.4 cm³/mol. The summed E-state index contributed by atoms with van der Waals surface area (Å²) < 4.78 is 2.26. The van der Waals surface area contributed by atoms with Gasteiger partial charge in [-0.15, -0.1) is 0 Å². The van der Waals surface area contributed by atoms with Gasteiger partial charge in [-0.25, -0.2) is 0 Å². The molecule has 1 aromatic heterocycles. The van der Waals surface area contributed by atoms with Crippen LogP contribution in [0.3, 0.4) is 0 Å². The second kappa shape index (κ2) is 6.26. The van der Waals surface area contributed by atoms with Gasteiger partial charge in [-0.2, -0.15) is 5.26 Å². The lowest BCUT2D eigenvalue weighted by Gasteiger charge is -2.14. The van der Waals surface area contributed by atoms with Crippen LogP contribution in [-0.2, 0) is 6.54 Å². The molecule has 1 aromatic rings. The zero-order chi connectivity index (χ0) is 11.1. The molecule has 0 bridgehead atoms. The maximum absolute atomic E-state index is 8.44. The highest BCUT2D eigenvalue weighted by molar-refractivity contribution is 5.11. The molecule has 0 aliphatic carbocycles. The first kappa shape index (κ1) is 11.8. The van der Waals surface area contributed by atoms with E-state index in [9.17, 15) is 0 Å². The molecule has 0 spiro atoms. The van der Waals surface area contributed by atoms with Crippen molar-refractivity contribution in [3.8, 4) is 6.07 Å². The number of hydrogen-bond donors (Lipinski definition) is 1. The Labute approximate surface area is 91.7 Å². The Morgan fingerprint density at radius 3 is 3.00 bits per heavy atom. The van der Waals surface area contributed by atoms with Gasteiger partial charge in [-0.3, -0.25) is 0 Å². The van der Waals surface area contributed by atoms with E-state index in [0.717, 1.165) is 19.4 Å². The highest BCUT2D eigenvalue weighted by Crippen LogP contribution is 2.13. The van der Waals surface area contributed by atoms with Crippen molar-refractivity contribution in [3.05, 3.63) is 24.0 Å². The normalized spacial score (nSPS) is 12.3. The molecule has 15 heavy (non-hydrogen) atoms. The molecule has 0 amide bonds. The first-order chi connectivity index (χ1) is 7.29. The lowest BCUT2D eigenvalue weighted by molar-refractivity contribution is 0.544. The number of nitriles is 1. The minimum Gasteiger partial charge on any atom is -0.350 e. The van der Waals surface area contributed by atoms with Crippen molar-refractivity contribution in [2.75, 3.05) is 7.05 Å². The summed E-state index contributed by atoms with van der Waals surface area (Å²) in [4.78, 5) is 0. The third kappa shape index (κ3) is 3.41. The molecule has 0 aliphatic heterocycles. The van der Waals surface area contributed by atoms with Crippen LogP contribution < -0.4 is 5.32 Å². The Balaban J connectivity index is 2.47. The summed E-state index contributed by atoms with van der Waals surface area (Å²) in [6.07, 6.45) is 4.83. The minimum atomic E-state index is 0.385. The van der Waals surface area contributed by atoms with Crippen LogP contribution >= 0.6 is 0 Å². The van der Waals surface area contributed by atoms with Gasteiger partial charge < -0.3 is 9.88 Å². The van der Waals surface area contributed by atoms with E-state index in [1.165, 1.54) is 5.69 Å². The van der Waals surface area contributed by atoms with Crippen LogP contribution in [0.5, 0.6) is 0 Å². The third-order valence-electron chi connectivity index (χ3n) is 2.68. The standard InChI is InChI=1S/C12H19N3/c1-11(14-2)12-7-6-10-15(12)9-5-3-4-8-13/h6-7,10-11,14H,3-5,9H2,1-2H3. The number of aromatic nitrogens is 1. The second-order valence-corrected chi connectivity index (χ2v) is 3.75. The number of hydrogen-bond acceptors (Lipinski definition) is 2. The molecule has 1 heterocycles. The Morgan fingerprint density at radius 2 is 2.33 bits per heavy atom. The summed E-state index contributed by atoms with van der Waals surface area (Å²) >= 11 is 0. The van der Waals surface area contributed by atoms with Gasteiger partial charge in [0.2, 0.25) is 0 Å². The van der Waals surface area contributed by atoms with Crippen molar-refractivity contribution >= 4 is 0 Å². The average Bonchev–Trinajstić information content (AvgIpc) is 2.71. The largest absolute Gasteiger partial charge is 0.350 e. The molecule has 1 N–H and O–H groups in total.